The summed E-state index contributed by atoms with van der Waals surface area (Å²) in [4.78, 5) is 14.6. The summed E-state index contributed by atoms with van der Waals surface area (Å²) in [5.74, 6) is 0.199. The van der Waals surface area contributed by atoms with Gasteiger partial charge in [0.1, 0.15) is 0 Å². The van der Waals surface area contributed by atoms with Crippen LogP contribution >= 0.6 is 0 Å². The number of hydrogen-bond donors (Lipinski definition) is 1. The Labute approximate surface area is 122 Å². The van der Waals surface area contributed by atoms with E-state index in [0.29, 0.717) is 0 Å². The van der Waals surface area contributed by atoms with Crippen molar-refractivity contribution in [1.82, 2.24) is 10.2 Å². The third-order valence-corrected chi connectivity index (χ3v) is 4.14. The van der Waals surface area contributed by atoms with Crippen LogP contribution in [0.1, 0.15) is 44.2 Å². The lowest BCUT2D eigenvalue weighted by Crippen LogP contribution is -2.45. The van der Waals surface area contributed by atoms with E-state index < -0.39 is 0 Å². The summed E-state index contributed by atoms with van der Waals surface area (Å²) >= 11 is 0. The number of aryl methyl sites for hydroxylation is 1. The molecule has 0 aliphatic carbocycles. The van der Waals surface area contributed by atoms with E-state index in [1.807, 2.05) is 0 Å². The van der Waals surface area contributed by atoms with Gasteiger partial charge >= 0.3 is 0 Å². The van der Waals surface area contributed by atoms with Gasteiger partial charge in [-0.15, -0.1) is 0 Å². The van der Waals surface area contributed by atoms with Crippen LogP contribution in [0.3, 0.4) is 0 Å². The van der Waals surface area contributed by atoms with Crippen molar-refractivity contribution in [3.63, 3.8) is 0 Å². The monoisotopic (exact) mass is 274 g/mol. The predicted molar refractivity (Wildman–Crippen MR) is 82.5 cm³/mol. The smallest absolute Gasteiger partial charge is 0.237 e. The highest BCUT2D eigenvalue weighted by Gasteiger charge is 2.30. The molecule has 2 atom stereocenters. The standard InChI is InChI=1S/C17H26N2O/c1-4-14(3)18-17(20)16-9-6-10-19(16)12-15-8-5-7-13(2)11-15/h5,7-8,11,14,16H,4,6,9-10,12H2,1-3H3,(H,18,20). The number of hydrogen-bond acceptors (Lipinski definition) is 2. The molecular formula is C17H26N2O. The average Bonchev–Trinajstić information content (AvgIpc) is 2.86. The summed E-state index contributed by atoms with van der Waals surface area (Å²) in [6, 6.07) is 8.88. The Morgan fingerprint density at radius 2 is 2.30 bits per heavy atom. The molecule has 1 aromatic rings. The normalized spacial score (nSPS) is 20.9. The lowest BCUT2D eigenvalue weighted by molar-refractivity contribution is -0.126. The largest absolute Gasteiger partial charge is 0.352 e. The topological polar surface area (TPSA) is 32.3 Å². The molecule has 1 aromatic carbocycles. The fraction of sp³-hybridized carbons (Fsp3) is 0.588. The van der Waals surface area contributed by atoms with E-state index in [-0.39, 0.29) is 18.0 Å². The summed E-state index contributed by atoms with van der Waals surface area (Å²) in [6.07, 6.45) is 3.08. The third kappa shape index (κ3) is 3.83. The fourth-order valence-corrected chi connectivity index (χ4v) is 2.80. The lowest BCUT2D eigenvalue weighted by atomic mass is 10.1. The summed E-state index contributed by atoms with van der Waals surface area (Å²) < 4.78 is 0. The molecule has 1 heterocycles. The van der Waals surface area contributed by atoms with Gasteiger partial charge in [-0.05, 0) is 45.2 Å². The maximum Gasteiger partial charge on any atom is 0.237 e. The zero-order valence-corrected chi connectivity index (χ0v) is 12.9. The minimum absolute atomic E-state index is 0.0458. The second-order valence-corrected chi connectivity index (χ2v) is 5.94. The van der Waals surface area contributed by atoms with Crippen molar-refractivity contribution < 1.29 is 4.79 Å². The highest BCUT2D eigenvalue weighted by atomic mass is 16.2. The number of carbonyl (C=O) groups is 1. The van der Waals surface area contributed by atoms with Crippen molar-refractivity contribution in [2.45, 2.75) is 58.7 Å². The van der Waals surface area contributed by atoms with Crippen LogP contribution in [0, 0.1) is 6.92 Å². The molecule has 3 heteroatoms. The molecule has 2 rings (SSSR count). The maximum absolute atomic E-state index is 12.3. The molecule has 0 spiro atoms. The highest BCUT2D eigenvalue weighted by Crippen LogP contribution is 2.20. The quantitative estimate of drug-likeness (QED) is 0.895. The van der Waals surface area contributed by atoms with Crippen LogP contribution in [-0.4, -0.2) is 29.4 Å². The zero-order valence-electron chi connectivity index (χ0n) is 12.9. The molecule has 0 radical (unpaired) electrons. The molecule has 1 aliphatic heterocycles. The summed E-state index contributed by atoms with van der Waals surface area (Å²) in [5, 5.41) is 3.12. The summed E-state index contributed by atoms with van der Waals surface area (Å²) in [7, 11) is 0. The Bertz CT molecular complexity index is 458. The van der Waals surface area contributed by atoms with Crippen LogP contribution in [0.2, 0.25) is 0 Å². The van der Waals surface area contributed by atoms with Crippen molar-refractivity contribution in [3.05, 3.63) is 35.4 Å². The van der Waals surface area contributed by atoms with Gasteiger partial charge in [0, 0.05) is 12.6 Å². The predicted octanol–water partition coefficient (Wildman–Crippen LogP) is 2.87. The van der Waals surface area contributed by atoms with E-state index in [1.54, 1.807) is 0 Å². The molecule has 110 valence electrons. The van der Waals surface area contributed by atoms with Crippen molar-refractivity contribution in [1.29, 1.82) is 0 Å². The van der Waals surface area contributed by atoms with Gasteiger partial charge in [0.25, 0.3) is 0 Å². The molecule has 2 unspecified atom stereocenters. The van der Waals surface area contributed by atoms with Crippen LogP contribution in [0.25, 0.3) is 0 Å². The van der Waals surface area contributed by atoms with E-state index in [1.165, 1.54) is 11.1 Å². The number of amides is 1. The van der Waals surface area contributed by atoms with Crippen LogP contribution in [0.4, 0.5) is 0 Å². The van der Waals surface area contributed by atoms with E-state index in [2.05, 4.69) is 55.3 Å². The number of likely N-dealkylation sites (tertiary alicyclic amines) is 1. The van der Waals surface area contributed by atoms with Gasteiger partial charge in [0.05, 0.1) is 6.04 Å². The van der Waals surface area contributed by atoms with Gasteiger partial charge < -0.3 is 5.32 Å². The van der Waals surface area contributed by atoms with E-state index in [0.717, 1.165) is 32.4 Å². The molecule has 20 heavy (non-hydrogen) atoms. The highest BCUT2D eigenvalue weighted by molar-refractivity contribution is 5.82. The molecule has 1 aliphatic rings. The van der Waals surface area contributed by atoms with Crippen molar-refractivity contribution in [2.75, 3.05) is 6.54 Å². The zero-order chi connectivity index (χ0) is 14.5. The van der Waals surface area contributed by atoms with Gasteiger partial charge in [-0.25, -0.2) is 0 Å². The van der Waals surface area contributed by atoms with Gasteiger partial charge in [-0.3, -0.25) is 9.69 Å². The van der Waals surface area contributed by atoms with Crippen LogP contribution in [0.5, 0.6) is 0 Å². The summed E-state index contributed by atoms with van der Waals surface area (Å²) in [6.45, 7) is 8.18. The van der Waals surface area contributed by atoms with E-state index in [4.69, 9.17) is 0 Å². The molecular weight excluding hydrogens is 248 g/mol. The molecule has 1 saturated heterocycles. The minimum atomic E-state index is 0.0458. The second-order valence-electron chi connectivity index (χ2n) is 5.94. The Kier molecular flexibility index (Phi) is 5.18. The number of nitrogens with zero attached hydrogens (tertiary/aromatic N) is 1. The lowest BCUT2D eigenvalue weighted by Gasteiger charge is -2.25. The average molecular weight is 274 g/mol. The van der Waals surface area contributed by atoms with E-state index in [9.17, 15) is 4.79 Å². The van der Waals surface area contributed by atoms with Crippen LogP contribution < -0.4 is 5.32 Å². The molecule has 0 aromatic heterocycles. The Morgan fingerprint density at radius 1 is 1.50 bits per heavy atom. The first kappa shape index (κ1) is 15.0. The molecule has 1 fully saturated rings. The minimum Gasteiger partial charge on any atom is -0.352 e. The molecule has 0 bridgehead atoms. The van der Waals surface area contributed by atoms with Crippen molar-refractivity contribution in [3.8, 4) is 0 Å². The van der Waals surface area contributed by atoms with E-state index >= 15 is 0 Å². The van der Waals surface area contributed by atoms with Gasteiger partial charge in [-0.1, -0.05) is 36.8 Å². The third-order valence-electron chi connectivity index (χ3n) is 4.14. The first-order chi connectivity index (χ1) is 9.60. The second kappa shape index (κ2) is 6.89. The van der Waals surface area contributed by atoms with Gasteiger partial charge in [0.15, 0.2) is 0 Å². The van der Waals surface area contributed by atoms with Crippen LogP contribution in [-0.2, 0) is 11.3 Å². The van der Waals surface area contributed by atoms with Crippen molar-refractivity contribution in [2.24, 2.45) is 0 Å². The summed E-state index contributed by atoms with van der Waals surface area (Å²) in [5.41, 5.74) is 2.58. The fourth-order valence-electron chi connectivity index (χ4n) is 2.80. The number of carbonyl (C=O) groups excluding carboxylic acids is 1. The SMILES string of the molecule is CCC(C)NC(=O)C1CCCN1Cc1cccc(C)c1. The number of nitrogens with one attached hydrogen (secondary N) is 1. The van der Waals surface area contributed by atoms with Crippen LogP contribution in [0.15, 0.2) is 24.3 Å². The van der Waals surface area contributed by atoms with Crippen molar-refractivity contribution >= 4 is 5.91 Å². The maximum atomic E-state index is 12.3. The molecule has 3 nitrogen and oxygen atoms in total. The Morgan fingerprint density at radius 3 is 3.00 bits per heavy atom. The molecule has 0 saturated carbocycles. The number of rotatable bonds is 5. The molecule has 1 N–H and O–H groups in total. The Hall–Kier alpha value is -1.35. The first-order valence-electron chi connectivity index (χ1n) is 7.70. The Balaban J connectivity index is 1.98. The van der Waals surface area contributed by atoms with Gasteiger partial charge in [-0.2, -0.15) is 0 Å². The number of benzene rings is 1. The molecule has 1 amide bonds. The first-order valence-corrected chi connectivity index (χ1v) is 7.70. The van der Waals surface area contributed by atoms with Gasteiger partial charge in [0.2, 0.25) is 5.91 Å².